The maximum absolute atomic E-state index is 13.7. The number of nitrogens with zero attached hydrogens (tertiary/aromatic N) is 3. The van der Waals surface area contributed by atoms with Crippen molar-refractivity contribution in [2.75, 3.05) is 63.3 Å². The quantitative estimate of drug-likeness (QED) is 0.266. The molecule has 222 valence electrons. The number of aromatic nitrogens is 2. The molecule has 1 aliphatic carbocycles. The second-order valence-corrected chi connectivity index (χ2v) is 11.2. The number of rotatable bonds is 12. The van der Waals surface area contributed by atoms with Crippen LogP contribution in [0.25, 0.3) is 10.9 Å². The van der Waals surface area contributed by atoms with Crippen LogP contribution in [0.15, 0.2) is 48.8 Å². The van der Waals surface area contributed by atoms with E-state index in [1.165, 1.54) is 24.5 Å². The third-order valence-corrected chi connectivity index (χ3v) is 8.33. The normalized spacial score (nSPS) is 23.4. The van der Waals surface area contributed by atoms with Crippen LogP contribution in [0.3, 0.4) is 0 Å². The molecule has 2 unspecified atom stereocenters. The molecular formula is C30H33ClFN5O5. The molecule has 2 saturated heterocycles. The Bertz CT molecular complexity index is 1470. The second-order valence-electron chi connectivity index (χ2n) is 10.8. The zero-order valence-electron chi connectivity index (χ0n) is 23.0. The standard InChI is InChI=1S/C30H33ClFN5O5/c31-24-10-18(3-4-25(24)32)35-30-20-11-27(36-29(39)2-1-6-37-7-5-19(13-37)41-9-8-38)28(12-26(20)33-17-34-30)42-16-23-21-14-40-15-22(21)23/h1-4,10-12,17,19,21-23,38H,5-9,13-16H2,(H,36,39)(H,33,34,35)/b2-1+/t19-,21?,22?,23?/m1/s1. The molecule has 42 heavy (non-hydrogen) atoms. The lowest BCUT2D eigenvalue weighted by molar-refractivity contribution is -0.111. The van der Waals surface area contributed by atoms with Gasteiger partial charge < -0.3 is 30.0 Å². The molecule has 2 aliphatic heterocycles. The van der Waals surface area contributed by atoms with Gasteiger partial charge in [0, 0.05) is 48.8 Å². The molecule has 3 heterocycles. The number of amides is 1. The van der Waals surface area contributed by atoms with Gasteiger partial charge in [-0.3, -0.25) is 9.69 Å². The number of hydrogen-bond donors (Lipinski definition) is 3. The molecule has 3 aromatic rings. The van der Waals surface area contributed by atoms with Crippen molar-refractivity contribution < 1.29 is 28.5 Å². The molecule has 3 atom stereocenters. The van der Waals surface area contributed by atoms with Crippen molar-refractivity contribution in [1.82, 2.24) is 14.9 Å². The van der Waals surface area contributed by atoms with Gasteiger partial charge in [-0.1, -0.05) is 17.7 Å². The van der Waals surface area contributed by atoms with E-state index in [4.69, 9.17) is 30.9 Å². The van der Waals surface area contributed by atoms with Gasteiger partial charge in [-0.15, -0.1) is 0 Å². The minimum atomic E-state index is -0.513. The lowest BCUT2D eigenvalue weighted by Gasteiger charge is -2.16. The third-order valence-electron chi connectivity index (χ3n) is 8.04. The predicted octanol–water partition coefficient (Wildman–Crippen LogP) is 4.02. The fourth-order valence-electron chi connectivity index (χ4n) is 5.70. The summed E-state index contributed by atoms with van der Waals surface area (Å²) in [4.78, 5) is 24.0. The number of carbonyl (C=O) groups is 1. The van der Waals surface area contributed by atoms with Crippen molar-refractivity contribution >= 4 is 45.6 Å². The van der Waals surface area contributed by atoms with Gasteiger partial charge in [-0.25, -0.2) is 14.4 Å². The second kappa shape index (κ2) is 12.9. The van der Waals surface area contributed by atoms with E-state index in [-0.39, 0.29) is 23.6 Å². The van der Waals surface area contributed by atoms with Crippen LogP contribution >= 0.6 is 11.6 Å². The average Bonchev–Trinajstić information content (AvgIpc) is 3.30. The highest BCUT2D eigenvalue weighted by Gasteiger charge is 2.54. The molecule has 0 bridgehead atoms. The third kappa shape index (κ3) is 6.66. The molecular weight excluding hydrogens is 565 g/mol. The maximum atomic E-state index is 13.7. The van der Waals surface area contributed by atoms with E-state index in [2.05, 4.69) is 25.5 Å². The summed E-state index contributed by atoms with van der Waals surface area (Å²) in [7, 11) is 0. The van der Waals surface area contributed by atoms with Crippen LogP contribution in [0.5, 0.6) is 5.75 Å². The molecule has 12 heteroatoms. The van der Waals surface area contributed by atoms with Crippen LogP contribution in [0.4, 0.5) is 21.6 Å². The Labute approximate surface area is 247 Å². The van der Waals surface area contributed by atoms with Crippen molar-refractivity contribution in [3.63, 3.8) is 0 Å². The average molecular weight is 598 g/mol. The number of halogens is 2. The van der Waals surface area contributed by atoms with E-state index in [0.717, 1.165) is 32.7 Å². The predicted molar refractivity (Wildman–Crippen MR) is 157 cm³/mol. The molecule has 1 saturated carbocycles. The van der Waals surface area contributed by atoms with Crippen LogP contribution in [-0.4, -0.2) is 84.7 Å². The summed E-state index contributed by atoms with van der Waals surface area (Å²) in [5, 5.41) is 15.7. The number of ether oxygens (including phenoxy) is 3. The Balaban J connectivity index is 1.18. The number of benzene rings is 2. The molecule has 6 rings (SSSR count). The largest absolute Gasteiger partial charge is 0.491 e. The smallest absolute Gasteiger partial charge is 0.248 e. The number of aliphatic hydroxyl groups excluding tert-OH is 1. The van der Waals surface area contributed by atoms with Gasteiger partial charge >= 0.3 is 0 Å². The molecule has 1 aromatic heterocycles. The summed E-state index contributed by atoms with van der Waals surface area (Å²) in [5.74, 6) is 1.70. The lowest BCUT2D eigenvalue weighted by Crippen LogP contribution is -2.24. The number of carbonyl (C=O) groups excluding carboxylic acids is 1. The van der Waals surface area contributed by atoms with Gasteiger partial charge in [0.15, 0.2) is 0 Å². The highest BCUT2D eigenvalue weighted by molar-refractivity contribution is 6.31. The monoisotopic (exact) mass is 597 g/mol. The minimum Gasteiger partial charge on any atom is -0.491 e. The van der Waals surface area contributed by atoms with Crippen LogP contribution in [0.2, 0.25) is 5.02 Å². The Hall–Kier alpha value is -3.35. The van der Waals surface area contributed by atoms with E-state index in [1.807, 2.05) is 6.08 Å². The van der Waals surface area contributed by atoms with Crippen LogP contribution in [0.1, 0.15) is 6.42 Å². The number of likely N-dealkylation sites (tertiary alicyclic amines) is 1. The summed E-state index contributed by atoms with van der Waals surface area (Å²) in [6, 6.07) is 7.90. The van der Waals surface area contributed by atoms with Crippen molar-refractivity contribution in [2.45, 2.75) is 12.5 Å². The van der Waals surface area contributed by atoms with Gasteiger partial charge in [0.25, 0.3) is 0 Å². The van der Waals surface area contributed by atoms with Gasteiger partial charge in [-0.2, -0.15) is 0 Å². The van der Waals surface area contributed by atoms with Gasteiger partial charge in [0.05, 0.1) is 55.4 Å². The first-order valence-corrected chi connectivity index (χ1v) is 14.5. The first kappa shape index (κ1) is 28.8. The minimum absolute atomic E-state index is 0.00818. The lowest BCUT2D eigenvalue weighted by atomic mass is 10.1. The fourth-order valence-corrected chi connectivity index (χ4v) is 5.89. The van der Waals surface area contributed by atoms with Gasteiger partial charge in [0.2, 0.25) is 5.91 Å². The number of anilines is 3. The summed E-state index contributed by atoms with van der Waals surface area (Å²) >= 11 is 5.97. The van der Waals surface area contributed by atoms with E-state index in [0.29, 0.717) is 71.4 Å². The molecule has 10 nitrogen and oxygen atoms in total. The first-order valence-electron chi connectivity index (χ1n) is 14.1. The van der Waals surface area contributed by atoms with Crippen LogP contribution in [0, 0.1) is 23.6 Å². The topological polar surface area (TPSA) is 118 Å². The molecule has 3 fully saturated rings. The molecule has 0 radical (unpaired) electrons. The zero-order chi connectivity index (χ0) is 29.1. The molecule has 0 spiro atoms. The number of hydrogen-bond acceptors (Lipinski definition) is 9. The van der Waals surface area contributed by atoms with Crippen molar-refractivity contribution in [1.29, 1.82) is 0 Å². The van der Waals surface area contributed by atoms with Crippen LogP contribution in [-0.2, 0) is 14.3 Å². The Morgan fingerprint density at radius 2 is 2.10 bits per heavy atom. The molecule has 1 amide bonds. The van der Waals surface area contributed by atoms with Crippen LogP contribution < -0.4 is 15.4 Å². The Morgan fingerprint density at radius 1 is 1.24 bits per heavy atom. The highest BCUT2D eigenvalue weighted by Crippen LogP contribution is 2.51. The number of fused-ring (bicyclic) bond motifs is 2. The maximum Gasteiger partial charge on any atom is 0.248 e. The molecule has 2 aromatic carbocycles. The number of nitrogens with one attached hydrogen (secondary N) is 2. The summed E-state index contributed by atoms with van der Waals surface area (Å²) in [5.41, 5.74) is 1.67. The van der Waals surface area contributed by atoms with Gasteiger partial charge in [0.1, 0.15) is 23.7 Å². The molecule has 3 N–H and O–H groups in total. The zero-order valence-corrected chi connectivity index (χ0v) is 23.7. The van der Waals surface area contributed by atoms with E-state index < -0.39 is 5.82 Å². The Morgan fingerprint density at radius 3 is 2.90 bits per heavy atom. The summed E-state index contributed by atoms with van der Waals surface area (Å²) in [6.07, 6.45) is 5.77. The molecule has 3 aliphatic rings. The fraction of sp³-hybridized carbons (Fsp3) is 0.433. The van der Waals surface area contributed by atoms with E-state index in [9.17, 15) is 9.18 Å². The SMILES string of the molecule is O=C(/C=C/CN1CC[C@@H](OCCO)C1)Nc1cc2c(Nc3ccc(F)c(Cl)c3)ncnc2cc1OCC1C2COCC21. The number of aliphatic hydroxyl groups is 1. The van der Waals surface area contributed by atoms with Gasteiger partial charge in [-0.05, 0) is 42.5 Å². The highest BCUT2D eigenvalue weighted by atomic mass is 35.5. The van der Waals surface area contributed by atoms with E-state index in [1.54, 1.807) is 18.2 Å². The van der Waals surface area contributed by atoms with Crippen molar-refractivity contribution in [3.05, 3.63) is 59.7 Å². The van der Waals surface area contributed by atoms with Crippen molar-refractivity contribution in [3.8, 4) is 5.75 Å². The summed E-state index contributed by atoms with van der Waals surface area (Å²) < 4.78 is 31.0. The Kier molecular flexibility index (Phi) is 8.82. The van der Waals surface area contributed by atoms with E-state index >= 15 is 0 Å². The van der Waals surface area contributed by atoms with Crippen molar-refractivity contribution in [2.24, 2.45) is 17.8 Å². The summed E-state index contributed by atoms with van der Waals surface area (Å²) in [6.45, 7) is 4.66. The first-order chi connectivity index (χ1) is 20.5.